The summed E-state index contributed by atoms with van der Waals surface area (Å²) in [6, 6.07) is 7.47. The van der Waals surface area contributed by atoms with Crippen LogP contribution in [0.4, 0.5) is 16.2 Å². The summed E-state index contributed by atoms with van der Waals surface area (Å²) < 4.78 is 23.5. The molecule has 150 valence electrons. The minimum Gasteiger partial charge on any atom is -0.484 e. The predicted molar refractivity (Wildman–Crippen MR) is 103 cm³/mol. The first-order valence-corrected chi connectivity index (χ1v) is 9.17. The Bertz CT molecular complexity index is 782. The van der Waals surface area contributed by atoms with Crippen molar-refractivity contribution in [1.82, 2.24) is 15.3 Å². The molecule has 0 atom stereocenters. The van der Waals surface area contributed by atoms with E-state index in [0.717, 1.165) is 24.6 Å². The van der Waals surface area contributed by atoms with Crippen LogP contribution in [0.3, 0.4) is 0 Å². The lowest BCUT2D eigenvalue weighted by molar-refractivity contribution is -0.123. The Hall–Kier alpha value is -2.94. The van der Waals surface area contributed by atoms with Gasteiger partial charge >= 0.3 is 0 Å². The summed E-state index contributed by atoms with van der Waals surface area (Å²) in [4.78, 5) is 22.9. The Labute approximate surface area is 163 Å². The molecule has 0 radical (unpaired) electrons. The third-order valence-corrected chi connectivity index (χ3v) is 4.09. The fraction of sp³-hybridized carbons (Fsp3) is 0.421. The molecule has 2 heterocycles. The third kappa shape index (κ3) is 6.05. The first-order chi connectivity index (χ1) is 13.6. The topological polar surface area (TPSA) is 88.6 Å². The number of morpholine rings is 1. The highest BCUT2D eigenvalue weighted by molar-refractivity contribution is 5.77. The van der Waals surface area contributed by atoms with Crippen LogP contribution >= 0.6 is 0 Å². The van der Waals surface area contributed by atoms with Crippen LogP contribution in [-0.4, -0.2) is 61.9 Å². The highest BCUT2D eigenvalue weighted by Crippen LogP contribution is 2.16. The number of nitrogens with one attached hydrogen (secondary N) is 2. The van der Waals surface area contributed by atoms with Gasteiger partial charge in [0, 0.05) is 37.9 Å². The number of aryl methyl sites for hydroxylation is 1. The van der Waals surface area contributed by atoms with Gasteiger partial charge in [0.15, 0.2) is 6.61 Å². The molecule has 3 rings (SSSR count). The maximum absolute atomic E-state index is 12.8. The molecule has 2 N–H and O–H groups in total. The minimum atomic E-state index is -0.349. The molecule has 1 amide bonds. The summed E-state index contributed by atoms with van der Waals surface area (Å²) in [6.45, 7) is 5.67. The number of carbonyl (C=O) groups excluding carboxylic acids is 1. The van der Waals surface area contributed by atoms with Gasteiger partial charge < -0.3 is 25.0 Å². The number of amides is 1. The number of hydrogen-bond acceptors (Lipinski definition) is 7. The molecule has 0 spiro atoms. The molecule has 2 aromatic rings. The van der Waals surface area contributed by atoms with Crippen LogP contribution in [0.2, 0.25) is 0 Å². The first kappa shape index (κ1) is 19.8. The molecule has 1 aliphatic heterocycles. The largest absolute Gasteiger partial charge is 0.484 e. The second-order valence-corrected chi connectivity index (χ2v) is 6.31. The minimum absolute atomic E-state index is 0.131. The van der Waals surface area contributed by atoms with E-state index in [1.165, 1.54) is 24.3 Å². The number of rotatable bonds is 8. The standard InChI is InChI=1S/C19H24FN5O3/c1-14-12-17(25-8-10-27-11-9-25)24-19(23-14)22-7-6-21-18(26)13-28-16-4-2-15(20)3-5-16/h2-5,12H,6-11,13H2,1H3,(H,21,26)(H,22,23,24). The van der Waals surface area contributed by atoms with Crippen molar-refractivity contribution < 1.29 is 18.7 Å². The van der Waals surface area contributed by atoms with E-state index in [2.05, 4.69) is 25.5 Å². The van der Waals surface area contributed by atoms with Gasteiger partial charge in [0.05, 0.1) is 13.2 Å². The van der Waals surface area contributed by atoms with Crippen LogP contribution in [0.15, 0.2) is 30.3 Å². The van der Waals surface area contributed by atoms with E-state index in [4.69, 9.17) is 9.47 Å². The van der Waals surface area contributed by atoms with Crippen LogP contribution in [0.25, 0.3) is 0 Å². The second kappa shape index (κ2) is 9.84. The van der Waals surface area contributed by atoms with Crippen LogP contribution in [0, 0.1) is 12.7 Å². The molecule has 0 saturated carbocycles. The van der Waals surface area contributed by atoms with Gasteiger partial charge in [-0.05, 0) is 31.2 Å². The van der Waals surface area contributed by atoms with Crippen molar-refractivity contribution >= 4 is 17.7 Å². The highest BCUT2D eigenvalue weighted by Gasteiger charge is 2.14. The molecular weight excluding hydrogens is 365 g/mol. The van der Waals surface area contributed by atoms with Crippen LogP contribution < -0.4 is 20.3 Å². The van der Waals surface area contributed by atoms with Crippen molar-refractivity contribution in [1.29, 1.82) is 0 Å². The van der Waals surface area contributed by atoms with Crippen molar-refractivity contribution in [2.24, 2.45) is 0 Å². The Morgan fingerprint density at radius 1 is 1.21 bits per heavy atom. The molecule has 1 aromatic heterocycles. The van der Waals surface area contributed by atoms with Crippen LogP contribution in [-0.2, 0) is 9.53 Å². The van der Waals surface area contributed by atoms with Gasteiger partial charge in [-0.25, -0.2) is 9.37 Å². The summed E-state index contributed by atoms with van der Waals surface area (Å²) in [6.07, 6.45) is 0. The Morgan fingerprint density at radius 3 is 2.71 bits per heavy atom. The zero-order valence-electron chi connectivity index (χ0n) is 15.8. The zero-order valence-corrected chi connectivity index (χ0v) is 15.8. The van der Waals surface area contributed by atoms with Crippen molar-refractivity contribution in [3.63, 3.8) is 0 Å². The summed E-state index contributed by atoms with van der Waals surface area (Å²) in [5.74, 6) is 1.23. The smallest absolute Gasteiger partial charge is 0.258 e. The Kier molecular flexibility index (Phi) is 6.96. The third-order valence-electron chi connectivity index (χ3n) is 4.09. The van der Waals surface area contributed by atoms with Crippen molar-refractivity contribution in [3.05, 3.63) is 41.8 Å². The first-order valence-electron chi connectivity index (χ1n) is 9.17. The number of carbonyl (C=O) groups is 1. The summed E-state index contributed by atoms with van der Waals surface area (Å²) in [7, 11) is 0. The van der Waals surface area contributed by atoms with E-state index < -0.39 is 0 Å². The normalized spacial score (nSPS) is 13.9. The number of hydrogen-bond donors (Lipinski definition) is 2. The molecule has 8 nitrogen and oxygen atoms in total. The monoisotopic (exact) mass is 389 g/mol. The molecule has 1 saturated heterocycles. The summed E-state index contributed by atoms with van der Waals surface area (Å²) >= 11 is 0. The molecule has 28 heavy (non-hydrogen) atoms. The van der Waals surface area contributed by atoms with E-state index in [0.29, 0.717) is 38.0 Å². The fourth-order valence-electron chi connectivity index (χ4n) is 2.69. The molecule has 1 aromatic carbocycles. The molecule has 0 unspecified atom stereocenters. The summed E-state index contributed by atoms with van der Waals surface area (Å²) in [5, 5.41) is 5.87. The summed E-state index contributed by atoms with van der Waals surface area (Å²) in [5.41, 5.74) is 0.871. The number of nitrogens with zero attached hydrogens (tertiary/aromatic N) is 3. The van der Waals surface area contributed by atoms with Gasteiger partial charge in [-0.3, -0.25) is 4.79 Å². The van der Waals surface area contributed by atoms with Crippen LogP contribution in [0.5, 0.6) is 5.75 Å². The average molecular weight is 389 g/mol. The van der Waals surface area contributed by atoms with Crippen molar-refractivity contribution in [2.75, 3.05) is 56.2 Å². The molecule has 0 aliphatic carbocycles. The van der Waals surface area contributed by atoms with Gasteiger partial charge in [0.25, 0.3) is 5.91 Å². The van der Waals surface area contributed by atoms with Gasteiger partial charge in [0.2, 0.25) is 5.95 Å². The van der Waals surface area contributed by atoms with Gasteiger partial charge in [-0.2, -0.15) is 4.98 Å². The Morgan fingerprint density at radius 2 is 1.96 bits per heavy atom. The molecule has 1 aliphatic rings. The lowest BCUT2D eigenvalue weighted by atomic mass is 10.3. The number of halogens is 1. The SMILES string of the molecule is Cc1cc(N2CCOCC2)nc(NCCNC(=O)COc2ccc(F)cc2)n1. The zero-order chi connectivity index (χ0) is 19.8. The molecule has 1 fully saturated rings. The van der Waals surface area contributed by atoms with Crippen molar-refractivity contribution in [2.45, 2.75) is 6.92 Å². The van der Waals surface area contributed by atoms with E-state index in [1.807, 2.05) is 13.0 Å². The van der Waals surface area contributed by atoms with E-state index >= 15 is 0 Å². The fourth-order valence-corrected chi connectivity index (χ4v) is 2.69. The molecular formula is C19H24FN5O3. The van der Waals surface area contributed by atoms with Gasteiger partial charge in [-0.1, -0.05) is 0 Å². The Balaban J connectivity index is 1.40. The van der Waals surface area contributed by atoms with Crippen molar-refractivity contribution in [3.8, 4) is 5.75 Å². The lowest BCUT2D eigenvalue weighted by Gasteiger charge is -2.28. The van der Waals surface area contributed by atoms with Gasteiger partial charge in [-0.15, -0.1) is 0 Å². The van der Waals surface area contributed by atoms with E-state index in [1.54, 1.807) is 0 Å². The average Bonchev–Trinajstić information content (AvgIpc) is 2.71. The van der Waals surface area contributed by atoms with Crippen LogP contribution in [0.1, 0.15) is 5.69 Å². The lowest BCUT2D eigenvalue weighted by Crippen LogP contribution is -2.37. The predicted octanol–water partition coefficient (Wildman–Crippen LogP) is 1.37. The van der Waals surface area contributed by atoms with Gasteiger partial charge in [0.1, 0.15) is 17.4 Å². The maximum Gasteiger partial charge on any atom is 0.258 e. The number of benzene rings is 1. The highest BCUT2D eigenvalue weighted by atomic mass is 19.1. The molecule has 9 heteroatoms. The maximum atomic E-state index is 12.8. The number of aromatic nitrogens is 2. The molecule has 0 bridgehead atoms. The van der Waals surface area contributed by atoms with E-state index in [-0.39, 0.29) is 18.3 Å². The van der Waals surface area contributed by atoms with E-state index in [9.17, 15) is 9.18 Å². The quantitative estimate of drug-likeness (QED) is 0.659. The number of ether oxygens (including phenoxy) is 2. The number of anilines is 2. The second-order valence-electron chi connectivity index (χ2n) is 6.31.